The second-order valence-corrected chi connectivity index (χ2v) is 5.81. The van der Waals surface area contributed by atoms with Gasteiger partial charge in [0.15, 0.2) is 5.82 Å². The van der Waals surface area contributed by atoms with Crippen molar-refractivity contribution >= 4 is 10.8 Å². The summed E-state index contributed by atoms with van der Waals surface area (Å²) in [7, 11) is 1.72. The summed E-state index contributed by atoms with van der Waals surface area (Å²) in [4.78, 5) is 8.83. The lowest BCUT2D eigenvalue weighted by Crippen LogP contribution is -2.02. The third kappa shape index (κ3) is 3.02. The molecule has 0 N–H and O–H groups in total. The molecule has 4 aromatic rings. The zero-order chi connectivity index (χ0) is 17.1. The highest BCUT2D eigenvalue weighted by Gasteiger charge is 2.11. The summed E-state index contributed by atoms with van der Waals surface area (Å²) in [5.74, 6) is 0.826. The molecule has 0 bridgehead atoms. The molecule has 0 aliphatic heterocycles. The number of ether oxygens (including phenoxy) is 1. The lowest BCUT2D eigenvalue weighted by Gasteiger charge is -2.10. The van der Waals surface area contributed by atoms with Gasteiger partial charge in [-0.2, -0.15) is 5.10 Å². The van der Waals surface area contributed by atoms with Gasteiger partial charge >= 0.3 is 0 Å². The number of hydrogen-bond acceptors (Lipinski definition) is 4. The minimum Gasteiger partial charge on any atom is -0.384 e. The third-order valence-corrected chi connectivity index (χ3v) is 4.23. The molecule has 0 spiro atoms. The molecule has 0 radical (unpaired) electrons. The molecule has 3 aromatic heterocycles. The smallest absolute Gasteiger partial charge is 0.161 e. The van der Waals surface area contributed by atoms with Crippen molar-refractivity contribution in [1.82, 2.24) is 19.7 Å². The Labute approximate surface area is 145 Å². The zero-order valence-corrected chi connectivity index (χ0v) is 14.0. The van der Waals surface area contributed by atoms with Gasteiger partial charge in [-0.3, -0.25) is 4.98 Å². The van der Waals surface area contributed by atoms with Crippen LogP contribution in [0.1, 0.15) is 5.56 Å². The number of benzene rings is 1. The van der Waals surface area contributed by atoms with Crippen molar-refractivity contribution in [3.05, 3.63) is 72.9 Å². The maximum absolute atomic E-state index is 5.21. The Hall–Kier alpha value is -3.05. The Morgan fingerprint density at radius 2 is 1.84 bits per heavy atom. The number of methoxy groups -OCH3 is 1. The lowest BCUT2D eigenvalue weighted by molar-refractivity contribution is 0.202. The second-order valence-electron chi connectivity index (χ2n) is 5.81. The highest BCUT2D eigenvalue weighted by Crippen LogP contribution is 2.25. The van der Waals surface area contributed by atoms with Crippen molar-refractivity contribution in [3.8, 4) is 16.9 Å². The van der Waals surface area contributed by atoms with Gasteiger partial charge in [0.05, 0.1) is 12.8 Å². The Balaban J connectivity index is 1.79. The molecule has 5 nitrogen and oxygen atoms in total. The van der Waals surface area contributed by atoms with Crippen LogP contribution in [0.5, 0.6) is 0 Å². The van der Waals surface area contributed by atoms with Crippen molar-refractivity contribution in [2.75, 3.05) is 13.7 Å². The predicted molar refractivity (Wildman–Crippen MR) is 97.7 cm³/mol. The van der Waals surface area contributed by atoms with E-state index in [2.05, 4.69) is 27.2 Å². The Morgan fingerprint density at radius 1 is 0.960 bits per heavy atom. The normalized spacial score (nSPS) is 11.1. The Morgan fingerprint density at radius 3 is 2.64 bits per heavy atom. The van der Waals surface area contributed by atoms with Crippen molar-refractivity contribution in [1.29, 1.82) is 0 Å². The molecule has 1 aromatic carbocycles. The van der Waals surface area contributed by atoms with Crippen molar-refractivity contribution < 1.29 is 4.74 Å². The molecular formula is C20H18N4O. The second kappa shape index (κ2) is 6.83. The first-order chi connectivity index (χ1) is 12.4. The number of rotatable bonds is 5. The highest BCUT2D eigenvalue weighted by atomic mass is 16.5. The van der Waals surface area contributed by atoms with E-state index in [0.717, 1.165) is 28.8 Å². The summed E-state index contributed by atoms with van der Waals surface area (Å²) >= 11 is 0. The molecule has 0 aliphatic carbocycles. The first-order valence-electron chi connectivity index (χ1n) is 8.18. The first kappa shape index (κ1) is 15.5. The summed E-state index contributed by atoms with van der Waals surface area (Å²) in [6.07, 6.45) is 10.2. The van der Waals surface area contributed by atoms with Crippen molar-refractivity contribution in [2.24, 2.45) is 0 Å². The number of aromatic nitrogens is 4. The Bertz CT molecular complexity index is 995. The van der Waals surface area contributed by atoms with Crippen LogP contribution in [0.15, 0.2) is 67.4 Å². The molecule has 0 saturated heterocycles. The van der Waals surface area contributed by atoms with E-state index in [-0.39, 0.29) is 0 Å². The largest absolute Gasteiger partial charge is 0.384 e. The molecule has 5 heteroatoms. The van der Waals surface area contributed by atoms with Crippen LogP contribution in [0.4, 0.5) is 0 Å². The molecule has 124 valence electrons. The molecule has 25 heavy (non-hydrogen) atoms. The topological polar surface area (TPSA) is 52.8 Å². The molecule has 0 atom stereocenters. The van der Waals surface area contributed by atoms with Crippen LogP contribution in [0.3, 0.4) is 0 Å². The summed E-state index contributed by atoms with van der Waals surface area (Å²) in [5, 5.41) is 6.77. The van der Waals surface area contributed by atoms with Crippen LogP contribution in [0, 0.1) is 0 Å². The number of fused-ring (bicyclic) bond motifs is 1. The van der Waals surface area contributed by atoms with Gasteiger partial charge in [0.1, 0.15) is 0 Å². The first-order valence-corrected chi connectivity index (χ1v) is 8.18. The van der Waals surface area contributed by atoms with Gasteiger partial charge < -0.3 is 4.74 Å². The van der Waals surface area contributed by atoms with Crippen LogP contribution in [-0.4, -0.2) is 33.5 Å². The van der Waals surface area contributed by atoms with E-state index in [1.165, 1.54) is 10.9 Å². The predicted octanol–water partition coefficient (Wildman–Crippen LogP) is 3.67. The number of pyridine rings is 2. The van der Waals surface area contributed by atoms with Crippen LogP contribution >= 0.6 is 0 Å². The minimum absolute atomic E-state index is 0.679. The number of nitrogens with zero attached hydrogens (tertiary/aromatic N) is 4. The molecule has 0 aliphatic rings. The molecular weight excluding hydrogens is 312 g/mol. The fourth-order valence-corrected chi connectivity index (χ4v) is 2.95. The van der Waals surface area contributed by atoms with E-state index in [4.69, 9.17) is 4.74 Å². The maximum Gasteiger partial charge on any atom is 0.161 e. The zero-order valence-electron chi connectivity index (χ0n) is 14.0. The fourth-order valence-electron chi connectivity index (χ4n) is 2.95. The average molecular weight is 330 g/mol. The maximum atomic E-state index is 5.21. The molecule has 0 unspecified atom stereocenters. The summed E-state index contributed by atoms with van der Waals surface area (Å²) in [6, 6.07) is 12.2. The van der Waals surface area contributed by atoms with Gasteiger partial charge in [0, 0.05) is 48.4 Å². The van der Waals surface area contributed by atoms with Crippen LogP contribution in [0.25, 0.3) is 27.7 Å². The Kier molecular flexibility index (Phi) is 4.23. The monoisotopic (exact) mass is 330 g/mol. The van der Waals surface area contributed by atoms with Gasteiger partial charge in [-0.1, -0.05) is 30.3 Å². The number of hydrogen-bond donors (Lipinski definition) is 0. The minimum atomic E-state index is 0.679. The van der Waals surface area contributed by atoms with Gasteiger partial charge in [-0.25, -0.2) is 9.67 Å². The summed E-state index contributed by atoms with van der Waals surface area (Å²) < 4.78 is 7.03. The summed E-state index contributed by atoms with van der Waals surface area (Å²) in [6.45, 7) is 0.679. The lowest BCUT2D eigenvalue weighted by atomic mass is 10.1. The van der Waals surface area contributed by atoms with E-state index in [0.29, 0.717) is 6.61 Å². The quantitative estimate of drug-likeness (QED) is 0.560. The van der Waals surface area contributed by atoms with Crippen LogP contribution in [-0.2, 0) is 11.2 Å². The summed E-state index contributed by atoms with van der Waals surface area (Å²) in [5.41, 5.74) is 3.23. The highest BCUT2D eigenvalue weighted by molar-refractivity contribution is 5.91. The van der Waals surface area contributed by atoms with Crippen molar-refractivity contribution in [3.63, 3.8) is 0 Å². The molecule has 3 heterocycles. The van der Waals surface area contributed by atoms with Crippen molar-refractivity contribution in [2.45, 2.75) is 6.42 Å². The standard InChI is InChI=1S/C20H18N4O/c1-25-10-8-16-12-22-20(19-7-3-2-6-18(16)19)24-14-17(13-23-24)15-5-4-9-21-11-15/h2-7,9,11-14H,8,10H2,1H3. The van der Waals surface area contributed by atoms with E-state index < -0.39 is 0 Å². The van der Waals surface area contributed by atoms with Gasteiger partial charge in [-0.15, -0.1) is 0 Å². The average Bonchev–Trinajstić information content (AvgIpc) is 3.17. The van der Waals surface area contributed by atoms with E-state index >= 15 is 0 Å². The fraction of sp³-hybridized carbons (Fsp3) is 0.150. The van der Waals surface area contributed by atoms with Gasteiger partial charge in [0.25, 0.3) is 0 Å². The molecule has 0 saturated carbocycles. The SMILES string of the molecule is COCCc1cnc(-n2cc(-c3cccnc3)cn2)c2ccccc12. The van der Waals surface area contributed by atoms with Crippen LogP contribution in [0.2, 0.25) is 0 Å². The van der Waals surface area contributed by atoms with E-state index in [9.17, 15) is 0 Å². The van der Waals surface area contributed by atoms with Gasteiger partial charge in [0.2, 0.25) is 0 Å². The molecule has 0 fully saturated rings. The molecule has 0 amide bonds. The molecule has 4 rings (SSSR count). The van der Waals surface area contributed by atoms with Gasteiger partial charge in [-0.05, 0) is 23.4 Å². The van der Waals surface area contributed by atoms with E-state index in [1.807, 2.05) is 53.7 Å². The van der Waals surface area contributed by atoms with E-state index in [1.54, 1.807) is 13.3 Å². The van der Waals surface area contributed by atoms with Crippen LogP contribution < -0.4 is 0 Å². The third-order valence-electron chi connectivity index (χ3n) is 4.23.